The lowest BCUT2D eigenvalue weighted by atomic mass is 9.45. The summed E-state index contributed by atoms with van der Waals surface area (Å²) >= 11 is 0. The maximum atomic E-state index is 12.4. The van der Waals surface area contributed by atoms with E-state index in [1.807, 2.05) is 6.92 Å². The number of ether oxygens (including phenoxy) is 1. The van der Waals surface area contributed by atoms with E-state index in [1.54, 1.807) is 0 Å². The van der Waals surface area contributed by atoms with Gasteiger partial charge in [-0.1, -0.05) is 26.7 Å². The Morgan fingerprint density at radius 1 is 1.11 bits per heavy atom. The summed E-state index contributed by atoms with van der Waals surface area (Å²) in [6.45, 7) is 7.09. The molecule has 6 atom stereocenters. The van der Waals surface area contributed by atoms with E-state index in [1.165, 1.54) is 44.9 Å². The largest absolute Gasteiger partial charge is 0.462 e. The maximum absolute atomic E-state index is 12.4. The molecule has 4 aliphatic rings. The Balaban J connectivity index is 1.65. The van der Waals surface area contributed by atoms with Gasteiger partial charge in [0, 0.05) is 0 Å². The first-order chi connectivity index (χ1) is 13.0. The summed E-state index contributed by atoms with van der Waals surface area (Å²) in [4.78, 5) is 12.4. The van der Waals surface area contributed by atoms with Gasteiger partial charge in [-0.05, 0) is 98.4 Å². The molecule has 3 heteroatoms. The fraction of sp³-hybridized carbons (Fsp3) is 0.833. The van der Waals surface area contributed by atoms with Gasteiger partial charge < -0.3 is 4.74 Å². The standard InChI is InChI=1S/C24H35NO2/c1-4-27-22(26)18(15-25)20-11-10-19-17-9-8-16-7-5-6-13-23(16,2)21(17)12-14-24(19,20)3/h16-17,19,21H,4-14H2,1-3H3/t16?,17-,19?,21-,23-,24-/m0/s1. The Morgan fingerprint density at radius 3 is 2.67 bits per heavy atom. The first-order valence-electron chi connectivity index (χ1n) is 11.3. The highest BCUT2D eigenvalue weighted by Gasteiger charge is 2.59. The molecule has 0 spiro atoms. The first-order valence-corrected chi connectivity index (χ1v) is 11.3. The molecule has 0 radical (unpaired) electrons. The highest BCUT2D eigenvalue weighted by molar-refractivity contribution is 5.94. The normalized spacial score (nSPS) is 45.1. The highest BCUT2D eigenvalue weighted by Crippen LogP contribution is 2.67. The number of allylic oxidation sites excluding steroid dienone is 1. The van der Waals surface area contributed by atoms with Gasteiger partial charge >= 0.3 is 5.97 Å². The van der Waals surface area contributed by atoms with Crippen LogP contribution in [0.5, 0.6) is 0 Å². The Kier molecular flexibility index (Phi) is 4.90. The quantitative estimate of drug-likeness (QED) is 0.351. The second kappa shape index (κ2) is 6.94. The van der Waals surface area contributed by atoms with Gasteiger partial charge in [-0.3, -0.25) is 0 Å². The number of fused-ring (bicyclic) bond motifs is 5. The molecule has 0 saturated heterocycles. The highest BCUT2D eigenvalue weighted by atomic mass is 16.5. The molecule has 4 fully saturated rings. The smallest absolute Gasteiger partial charge is 0.348 e. The zero-order valence-corrected chi connectivity index (χ0v) is 17.4. The van der Waals surface area contributed by atoms with Gasteiger partial charge in [0.2, 0.25) is 0 Å². The van der Waals surface area contributed by atoms with Crippen LogP contribution in [0, 0.1) is 45.8 Å². The van der Waals surface area contributed by atoms with Crippen molar-refractivity contribution in [2.24, 2.45) is 34.5 Å². The van der Waals surface area contributed by atoms with Crippen LogP contribution in [-0.4, -0.2) is 12.6 Å². The van der Waals surface area contributed by atoms with Gasteiger partial charge in [0.25, 0.3) is 0 Å². The van der Waals surface area contributed by atoms with Crippen LogP contribution in [0.3, 0.4) is 0 Å². The topological polar surface area (TPSA) is 50.1 Å². The van der Waals surface area contributed by atoms with Crippen LogP contribution in [0.4, 0.5) is 0 Å². The number of nitriles is 1. The lowest BCUT2D eigenvalue weighted by Gasteiger charge is -2.60. The van der Waals surface area contributed by atoms with Crippen molar-refractivity contribution < 1.29 is 9.53 Å². The van der Waals surface area contributed by atoms with Crippen LogP contribution in [0.2, 0.25) is 0 Å². The van der Waals surface area contributed by atoms with Gasteiger partial charge in [0.15, 0.2) is 0 Å². The van der Waals surface area contributed by atoms with Crippen molar-refractivity contribution in [3.05, 3.63) is 11.1 Å². The summed E-state index contributed by atoms with van der Waals surface area (Å²) < 4.78 is 5.21. The number of esters is 1. The maximum Gasteiger partial charge on any atom is 0.348 e. The molecular weight excluding hydrogens is 334 g/mol. The number of carbonyl (C=O) groups excluding carboxylic acids is 1. The van der Waals surface area contributed by atoms with Crippen molar-refractivity contribution in [3.8, 4) is 6.07 Å². The summed E-state index contributed by atoms with van der Waals surface area (Å²) in [5.41, 5.74) is 1.99. The monoisotopic (exact) mass is 369 g/mol. The molecule has 3 nitrogen and oxygen atoms in total. The molecule has 0 amide bonds. The zero-order valence-electron chi connectivity index (χ0n) is 17.4. The summed E-state index contributed by atoms with van der Waals surface area (Å²) in [7, 11) is 0. The molecule has 0 aromatic carbocycles. The van der Waals surface area contributed by atoms with Crippen LogP contribution in [0.25, 0.3) is 0 Å². The van der Waals surface area contributed by atoms with Crippen molar-refractivity contribution in [1.29, 1.82) is 5.26 Å². The average molecular weight is 370 g/mol. The third-order valence-corrected chi connectivity index (χ3v) is 9.26. The van der Waals surface area contributed by atoms with E-state index in [2.05, 4.69) is 19.9 Å². The summed E-state index contributed by atoms with van der Waals surface area (Å²) in [6, 6.07) is 2.22. The van der Waals surface area contributed by atoms with E-state index in [0.29, 0.717) is 23.5 Å². The summed E-state index contributed by atoms with van der Waals surface area (Å²) in [5, 5.41) is 9.71. The molecule has 2 unspecified atom stereocenters. The third kappa shape index (κ3) is 2.78. The Hall–Kier alpha value is -1.30. The van der Waals surface area contributed by atoms with Crippen LogP contribution in [-0.2, 0) is 9.53 Å². The van der Waals surface area contributed by atoms with E-state index >= 15 is 0 Å². The van der Waals surface area contributed by atoms with Gasteiger partial charge in [0.1, 0.15) is 11.6 Å². The number of nitrogens with zero attached hydrogens (tertiary/aromatic N) is 1. The lowest BCUT2D eigenvalue weighted by molar-refractivity contribution is -0.138. The zero-order chi connectivity index (χ0) is 19.2. The molecule has 4 saturated carbocycles. The van der Waals surface area contributed by atoms with E-state index in [0.717, 1.165) is 42.6 Å². The summed E-state index contributed by atoms with van der Waals surface area (Å²) in [5.74, 6) is 2.80. The molecule has 0 bridgehead atoms. The Morgan fingerprint density at radius 2 is 1.93 bits per heavy atom. The predicted molar refractivity (Wildman–Crippen MR) is 106 cm³/mol. The van der Waals surface area contributed by atoms with Gasteiger partial charge in [-0.2, -0.15) is 5.26 Å². The van der Waals surface area contributed by atoms with Gasteiger partial charge in [0.05, 0.1) is 6.61 Å². The lowest BCUT2D eigenvalue weighted by Crippen LogP contribution is -2.52. The van der Waals surface area contributed by atoms with Crippen LogP contribution in [0.1, 0.15) is 85.0 Å². The van der Waals surface area contributed by atoms with Crippen molar-refractivity contribution >= 4 is 5.97 Å². The van der Waals surface area contributed by atoms with Gasteiger partial charge in [-0.25, -0.2) is 4.79 Å². The number of hydrogen-bond acceptors (Lipinski definition) is 3. The molecule has 27 heavy (non-hydrogen) atoms. The Bertz CT molecular complexity index is 689. The van der Waals surface area contributed by atoms with Crippen molar-refractivity contribution in [2.75, 3.05) is 6.61 Å². The van der Waals surface area contributed by atoms with Gasteiger partial charge in [-0.15, -0.1) is 0 Å². The molecule has 148 valence electrons. The van der Waals surface area contributed by atoms with E-state index in [4.69, 9.17) is 4.74 Å². The van der Waals surface area contributed by atoms with Crippen LogP contribution < -0.4 is 0 Å². The average Bonchev–Trinajstić information content (AvgIpc) is 2.99. The van der Waals surface area contributed by atoms with E-state index < -0.39 is 5.97 Å². The molecular formula is C24H35NO2. The molecule has 0 heterocycles. The molecule has 0 aromatic heterocycles. The van der Waals surface area contributed by atoms with E-state index in [9.17, 15) is 10.1 Å². The molecule has 4 aliphatic carbocycles. The number of hydrogen-bond donors (Lipinski definition) is 0. The molecule has 0 aromatic rings. The molecule has 4 rings (SSSR count). The minimum atomic E-state index is -0.401. The van der Waals surface area contributed by atoms with Crippen LogP contribution in [0.15, 0.2) is 11.1 Å². The molecule has 0 N–H and O–H groups in total. The number of carbonyl (C=O) groups is 1. The van der Waals surface area contributed by atoms with E-state index in [-0.39, 0.29) is 5.41 Å². The van der Waals surface area contributed by atoms with Crippen molar-refractivity contribution in [1.82, 2.24) is 0 Å². The number of rotatable bonds is 2. The minimum Gasteiger partial charge on any atom is -0.462 e. The SMILES string of the molecule is CCOC(=O)C(C#N)=C1CCC2[C@@H]3CCC4CCCC[C@]4(C)[C@H]3CC[C@]12C. The predicted octanol–water partition coefficient (Wildman–Crippen LogP) is 5.80. The van der Waals surface area contributed by atoms with Crippen LogP contribution >= 0.6 is 0 Å². The van der Waals surface area contributed by atoms with Crippen molar-refractivity contribution in [3.63, 3.8) is 0 Å². The second-order valence-corrected chi connectivity index (χ2v) is 10.1. The fourth-order valence-electron chi connectivity index (χ4n) is 7.96. The van der Waals surface area contributed by atoms with Crippen molar-refractivity contribution in [2.45, 2.75) is 85.0 Å². The minimum absolute atomic E-state index is 0.0247. The summed E-state index contributed by atoms with van der Waals surface area (Å²) in [6.07, 6.45) is 12.9. The molecule has 0 aliphatic heterocycles. The first kappa shape index (κ1) is 19.0. The second-order valence-electron chi connectivity index (χ2n) is 10.1. The fourth-order valence-corrected chi connectivity index (χ4v) is 7.96. The Labute approximate surface area is 164 Å². The third-order valence-electron chi connectivity index (χ3n) is 9.26.